The molecule has 2 rings (SSSR count). The minimum atomic E-state index is -0.781. The molecule has 0 aliphatic rings. The molecule has 0 amide bonds. The summed E-state index contributed by atoms with van der Waals surface area (Å²) in [6.45, 7) is 0. The molecule has 0 bridgehead atoms. The molecule has 76 valence electrons. The Morgan fingerprint density at radius 1 is 1.20 bits per heavy atom. The monoisotopic (exact) mass is 218 g/mol. The van der Waals surface area contributed by atoms with E-state index in [1.807, 2.05) is 41.8 Å². The minimum Gasteiger partial charge on any atom is -0.481 e. The maximum absolute atomic E-state index is 10.5. The Balaban J connectivity index is 2.24. The third-order valence-corrected chi connectivity index (χ3v) is 3.02. The largest absolute Gasteiger partial charge is 0.481 e. The third kappa shape index (κ3) is 2.44. The molecule has 0 aliphatic heterocycles. The van der Waals surface area contributed by atoms with Crippen LogP contribution in [0.1, 0.15) is 4.88 Å². The number of thiophene rings is 1. The standard InChI is InChI=1S/C12H10O2S/c13-12(14)7-11-6-10(8-15-11)9-4-2-1-3-5-9/h1-6,8H,7H2,(H,13,14). The highest BCUT2D eigenvalue weighted by atomic mass is 32.1. The van der Waals surface area contributed by atoms with Crippen LogP contribution in [-0.2, 0) is 11.2 Å². The zero-order valence-corrected chi connectivity index (χ0v) is 8.83. The SMILES string of the molecule is O=C(O)Cc1cc(-c2ccccc2)cs1. The van der Waals surface area contributed by atoms with E-state index in [4.69, 9.17) is 5.11 Å². The summed E-state index contributed by atoms with van der Waals surface area (Å²) in [5, 5.41) is 10.6. The van der Waals surface area contributed by atoms with E-state index in [-0.39, 0.29) is 6.42 Å². The van der Waals surface area contributed by atoms with Crippen molar-refractivity contribution in [1.29, 1.82) is 0 Å². The van der Waals surface area contributed by atoms with Crippen molar-refractivity contribution in [2.24, 2.45) is 0 Å². The van der Waals surface area contributed by atoms with Gasteiger partial charge >= 0.3 is 5.97 Å². The van der Waals surface area contributed by atoms with Crippen LogP contribution in [0.15, 0.2) is 41.8 Å². The van der Waals surface area contributed by atoms with Gasteiger partial charge in [0.1, 0.15) is 0 Å². The van der Waals surface area contributed by atoms with Crippen molar-refractivity contribution >= 4 is 17.3 Å². The normalized spacial score (nSPS) is 10.1. The molecule has 0 aliphatic carbocycles. The first kappa shape index (κ1) is 9.93. The van der Waals surface area contributed by atoms with Crippen molar-refractivity contribution in [2.45, 2.75) is 6.42 Å². The second-order valence-electron chi connectivity index (χ2n) is 3.24. The molecule has 1 heterocycles. The molecule has 1 aromatic heterocycles. The Kier molecular flexibility index (Phi) is 2.83. The fourth-order valence-electron chi connectivity index (χ4n) is 1.40. The number of carbonyl (C=O) groups is 1. The highest BCUT2D eigenvalue weighted by Gasteiger charge is 2.05. The number of hydrogen-bond acceptors (Lipinski definition) is 2. The van der Waals surface area contributed by atoms with E-state index < -0.39 is 5.97 Å². The topological polar surface area (TPSA) is 37.3 Å². The summed E-state index contributed by atoms with van der Waals surface area (Å²) < 4.78 is 0. The smallest absolute Gasteiger partial charge is 0.308 e. The third-order valence-electron chi connectivity index (χ3n) is 2.09. The van der Waals surface area contributed by atoms with Gasteiger partial charge in [-0.05, 0) is 22.6 Å². The van der Waals surface area contributed by atoms with Crippen molar-refractivity contribution < 1.29 is 9.90 Å². The molecule has 0 spiro atoms. The van der Waals surface area contributed by atoms with E-state index >= 15 is 0 Å². The van der Waals surface area contributed by atoms with Gasteiger partial charge in [0.15, 0.2) is 0 Å². The fourth-order valence-corrected chi connectivity index (χ4v) is 2.29. The number of aliphatic carboxylic acids is 1. The Labute approximate surface area is 91.8 Å². The maximum atomic E-state index is 10.5. The first-order valence-corrected chi connectivity index (χ1v) is 5.48. The van der Waals surface area contributed by atoms with Gasteiger partial charge in [0, 0.05) is 4.88 Å². The first-order valence-electron chi connectivity index (χ1n) is 4.60. The van der Waals surface area contributed by atoms with Crippen molar-refractivity contribution in [1.82, 2.24) is 0 Å². The predicted molar refractivity (Wildman–Crippen MR) is 61.1 cm³/mol. The van der Waals surface area contributed by atoms with Crippen LogP contribution in [0, 0.1) is 0 Å². The highest BCUT2D eigenvalue weighted by Crippen LogP contribution is 2.25. The van der Waals surface area contributed by atoms with E-state index in [1.54, 1.807) is 0 Å². The summed E-state index contributed by atoms with van der Waals surface area (Å²) in [7, 11) is 0. The zero-order valence-electron chi connectivity index (χ0n) is 8.01. The molecule has 0 radical (unpaired) electrons. The summed E-state index contributed by atoms with van der Waals surface area (Å²) in [5.74, 6) is -0.781. The molecule has 0 saturated heterocycles. The Hall–Kier alpha value is -1.61. The van der Waals surface area contributed by atoms with E-state index in [0.717, 1.165) is 16.0 Å². The summed E-state index contributed by atoms with van der Waals surface area (Å²) in [5.41, 5.74) is 2.22. The van der Waals surface area contributed by atoms with Gasteiger partial charge in [-0.1, -0.05) is 30.3 Å². The van der Waals surface area contributed by atoms with Crippen molar-refractivity contribution in [3.63, 3.8) is 0 Å². The molecule has 3 heteroatoms. The minimum absolute atomic E-state index is 0.109. The number of hydrogen-bond donors (Lipinski definition) is 1. The summed E-state index contributed by atoms with van der Waals surface area (Å²) >= 11 is 1.49. The van der Waals surface area contributed by atoms with Crippen LogP contribution < -0.4 is 0 Å². The summed E-state index contributed by atoms with van der Waals surface area (Å²) in [6, 6.07) is 11.9. The quantitative estimate of drug-likeness (QED) is 0.859. The van der Waals surface area contributed by atoms with Crippen LogP contribution >= 0.6 is 11.3 Å². The molecular weight excluding hydrogens is 208 g/mol. The number of carboxylic acid groups (broad SMARTS) is 1. The molecule has 15 heavy (non-hydrogen) atoms. The first-order chi connectivity index (χ1) is 7.25. The highest BCUT2D eigenvalue weighted by molar-refractivity contribution is 7.10. The number of benzene rings is 1. The Bertz CT molecular complexity index is 459. The summed E-state index contributed by atoms with van der Waals surface area (Å²) in [4.78, 5) is 11.4. The zero-order chi connectivity index (χ0) is 10.7. The molecule has 0 unspecified atom stereocenters. The molecular formula is C12H10O2S. The predicted octanol–water partition coefficient (Wildman–Crippen LogP) is 3.04. The van der Waals surface area contributed by atoms with Crippen molar-refractivity contribution in [3.05, 3.63) is 46.7 Å². The van der Waals surface area contributed by atoms with Gasteiger partial charge in [-0.15, -0.1) is 11.3 Å². The van der Waals surface area contributed by atoms with Crippen LogP contribution in [-0.4, -0.2) is 11.1 Å². The molecule has 2 aromatic rings. The van der Waals surface area contributed by atoms with Crippen molar-refractivity contribution in [2.75, 3.05) is 0 Å². The Morgan fingerprint density at radius 2 is 1.93 bits per heavy atom. The molecule has 1 N–H and O–H groups in total. The average molecular weight is 218 g/mol. The lowest BCUT2D eigenvalue weighted by Gasteiger charge is -1.94. The summed E-state index contributed by atoms with van der Waals surface area (Å²) in [6.07, 6.45) is 0.109. The van der Waals surface area contributed by atoms with E-state index in [1.165, 1.54) is 11.3 Å². The lowest BCUT2D eigenvalue weighted by Crippen LogP contribution is -1.97. The number of carboxylic acids is 1. The molecule has 2 nitrogen and oxygen atoms in total. The van der Waals surface area contributed by atoms with Gasteiger partial charge in [-0.2, -0.15) is 0 Å². The van der Waals surface area contributed by atoms with Gasteiger partial charge in [-0.25, -0.2) is 0 Å². The van der Waals surface area contributed by atoms with Gasteiger partial charge < -0.3 is 5.11 Å². The van der Waals surface area contributed by atoms with Gasteiger partial charge in [0.2, 0.25) is 0 Å². The lowest BCUT2D eigenvalue weighted by atomic mass is 10.1. The van der Waals surface area contributed by atoms with Crippen LogP contribution in [0.25, 0.3) is 11.1 Å². The van der Waals surface area contributed by atoms with Crippen LogP contribution in [0.2, 0.25) is 0 Å². The van der Waals surface area contributed by atoms with Crippen LogP contribution in [0.3, 0.4) is 0 Å². The second-order valence-corrected chi connectivity index (χ2v) is 4.23. The number of rotatable bonds is 3. The van der Waals surface area contributed by atoms with Crippen LogP contribution in [0.5, 0.6) is 0 Å². The van der Waals surface area contributed by atoms with Crippen molar-refractivity contribution in [3.8, 4) is 11.1 Å². The molecule has 0 saturated carbocycles. The van der Waals surface area contributed by atoms with E-state index in [2.05, 4.69) is 0 Å². The molecule has 0 atom stereocenters. The maximum Gasteiger partial charge on any atom is 0.308 e. The van der Waals surface area contributed by atoms with Gasteiger partial charge in [0.25, 0.3) is 0 Å². The van der Waals surface area contributed by atoms with Gasteiger partial charge in [-0.3, -0.25) is 4.79 Å². The Morgan fingerprint density at radius 3 is 2.60 bits per heavy atom. The van der Waals surface area contributed by atoms with Crippen LogP contribution in [0.4, 0.5) is 0 Å². The second kappa shape index (κ2) is 4.28. The van der Waals surface area contributed by atoms with E-state index in [0.29, 0.717) is 0 Å². The van der Waals surface area contributed by atoms with E-state index in [9.17, 15) is 4.79 Å². The molecule has 1 aromatic carbocycles. The molecule has 0 fully saturated rings. The van der Waals surface area contributed by atoms with Gasteiger partial charge in [0.05, 0.1) is 6.42 Å². The fraction of sp³-hybridized carbons (Fsp3) is 0.0833. The lowest BCUT2D eigenvalue weighted by molar-refractivity contribution is -0.136. The average Bonchev–Trinajstić information content (AvgIpc) is 2.67.